The van der Waals surface area contributed by atoms with Crippen LogP contribution < -0.4 is 0 Å². The Balaban J connectivity index is 4.79. The molecule has 0 aromatic rings. The zero-order valence-electron chi connectivity index (χ0n) is 8.25. The zero-order chi connectivity index (χ0) is 11.4. The molecule has 0 bridgehead atoms. The fraction of sp³-hybridized carbons (Fsp3) is 1.00. The van der Waals surface area contributed by atoms with Gasteiger partial charge in [0.1, 0.15) is 5.60 Å². The molecule has 4 N–H and O–H groups in total. The van der Waals surface area contributed by atoms with Crippen LogP contribution in [0.5, 0.6) is 0 Å². The molecule has 0 aliphatic rings. The van der Waals surface area contributed by atoms with Gasteiger partial charge in [0, 0.05) is 19.2 Å². The first-order valence-corrected chi connectivity index (χ1v) is 6.17. The van der Waals surface area contributed by atoms with Crippen molar-refractivity contribution in [1.29, 1.82) is 0 Å². The topological polar surface area (TPSA) is 107 Å². The molecule has 7 heteroatoms. The van der Waals surface area contributed by atoms with Gasteiger partial charge in [0.2, 0.25) is 0 Å². The molecule has 0 amide bonds. The van der Waals surface area contributed by atoms with Crippen molar-refractivity contribution < 1.29 is 29.3 Å². The van der Waals surface area contributed by atoms with Gasteiger partial charge in [0.15, 0.2) is 0 Å². The van der Waals surface area contributed by atoms with Gasteiger partial charge in [-0.1, -0.05) is 6.92 Å². The SMILES string of the molecule is CC(CO)C(CO)(CO)OP(C)(=O)O. The van der Waals surface area contributed by atoms with Crippen LogP contribution in [0, 0.1) is 5.92 Å². The standard InChI is InChI=1S/C7H17O6P/c1-6(3-8)7(4-9,5-10)13-14(2,11)12/h6,8-10H,3-5H2,1-2H3,(H,11,12). The van der Waals surface area contributed by atoms with E-state index in [0.717, 1.165) is 6.66 Å². The molecule has 0 aliphatic heterocycles. The van der Waals surface area contributed by atoms with Crippen molar-refractivity contribution in [3.63, 3.8) is 0 Å². The highest BCUT2D eigenvalue weighted by Crippen LogP contribution is 2.44. The minimum Gasteiger partial charge on any atom is -0.396 e. The van der Waals surface area contributed by atoms with Crippen LogP contribution in [0.1, 0.15) is 6.92 Å². The van der Waals surface area contributed by atoms with Gasteiger partial charge in [-0.3, -0.25) is 9.09 Å². The predicted molar refractivity (Wildman–Crippen MR) is 50.0 cm³/mol. The summed E-state index contributed by atoms with van der Waals surface area (Å²) in [7, 11) is -3.82. The Kier molecular flexibility index (Phi) is 5.22. The van der Waals surface area contributed by atoms with Crippen LogP contribution in [-0.4, -0.2) is 52.3 Å². The molecule has 0 radical (unpaired) electrons. The summed E-state index contributed by atoms with van der Waals surface area (Å²) in [5.74, 6) is -0.641. The molecule has 14 heavy (non-hydrogen) atoms. The molecule has 0 heterocycles. The van der Waals surface area contributed by atoms with Crippen molar-refractivity contribution in [2.45, 2.75) is 12.5 Å². The van der Waals surface area contributed by atoms with E-state index < -0.39 is 32.3 Å². The maximum absolute atomic E-state index is 11.0. The minimum atomic E-state index is -3.82. The van der Waals surface area contributed by atoms with Gasteiger partial charge in [-0.2, -0.15) is 0 Å². The van der Waals surface area contributed by atoms with E-state index in [1.54, 1.807) is 0 Å². The second-order valence-electron chi connectivity index (χ2n) is 3.36. The van der Waals surface area contributed by atoms with E-state index in [1.807, 2.05) is 0 Å². The van der Waals surface area contributed by atoms with Gasteiger partial charge in [-0.25, -0.2) is 0 Å². The van der Waals surface area contributed by atoms with Crippen LogP contribution in [-0.2, 0) is 9.09 Å². The quantitative estimate of drug-likeness (QED) is 0.442. The summed E-state index contributed by atoms with van der Waals surface area (Å²) in [6.07, 6.45) is 0. The van der Waals surface area contributed by atoms with Gasteiger partial charge < -0.3 is 20.2 Å². The molecule has 0 saturated heterocycles. The highest BCUT2D eigenvalue weighted by Gasteiger charge is 2.40. The Morgan fingerprint density at radius 1 is 1.36 bits per heavy atom. The number of hydrogen-bond donors (Lipinski definition) is 4. The third-order valence-electron chi connectivity index (χ3n) is 2.06. The van der Waals surface area contributed by atoms with Crippen LogP contribution >= 0.6 is 7.60 Å². The third-order valence-corrected chi connectivity index (χ3v) is 2.76. The van der Waals surface area contributed by atoms with Crippen LogP contribution in [0.4, 0.5) is 0 Å². The molecular weight excluding hydrogens is 211 g/mol. The smallest absolute Gasteiger partial charge is 0.325 e. The molecule has 0 spiro atoms. The first-order valence-electron chi connectivity index (χ1n) is 4.15. The summed E-state index contributed by atoms with van der Waals surface area (Å²) < 4.78 is 15.7. The number of aliphatic hydroxyl groups excluding tert-OH is 3. The average Bonchev–Trinajstić information content (AvgIpc) is 2.11. The molecule has 2 unspecified atom stereocenters. The lowest BCUT2D eigenvalue weighted by Gasteiger charge is -2.35. The Hall–Kier alpha value is 0.0300. The molecule has 86 valence electrons. The Bertz CT molecular complexity index is 208. The van der Waals surface area contributed by atoms with Crippen molar-refractivity contribution in [2.75, 3.05) is 26.5 Å². The van der Waals surface area contributed by atoms with Crippen LogP contribution in [0.15, 0.2) is 0 Å². The van der Waals surface area contributed by atoms with E-state index in [1.165, 1.54) is 6.92 Å². The molecule has 0 aromatic carbocycles. The second kappa shape index (κ2) is 5.21. The van der Waals surface area contributed by atoms with Gasteiger partial charge >= 0.3 is 7.60 Å². The van der Waals surface area contributed by atoms with E-state index in [2.05, 4.69) is 0 Å². The molecule has 0 saturated carbocycles. The summed E-state index contributed by atoms with van der Waals surface area (Å²) >= 11 is 0. The highest BCUT2D eigenvalue weighted by molar-refractivity contribution is 7.51. The first kappa shape index (κ1) is 14.0. The van der Waals surface area contributed by atoms with Crippen molar-refractivity contribution in [1.82, 2.24) is 0 Å². The predicted octanol–water partition coefficient (Wildman–Crippen LogP) is -0.830. The fourth-order valence-corrected chi connectivity index (χ4v) is 1.98. The minimum absolute atomic E-state index is 0.360. The van der Waals surface area contributed by atoms with Crippen LogP contribution in [0.3, 0.4) is 0 Å². The van der Waals surface area contributed by atoms with Gasteiger partial charge in [-0.15, -0.1) is 0 Å². The van der Waals surface area contributed by atoms with Gasteiger partial charge in [0.05, 0.1) is 13.2 Å². The van der Waals surface area contributed by atoms with Crippen LogP contribution in [0.2, 0.25) is 0 Å². The van der Waals surface area contributed by atoms with E-state index in [4.69, 9.17) is 24.7 Å². The summed E-state index contributed by atoms with van der Waals surface area (Å²) in [5.41, 5.74) is -1.58. The lowest BCUT2D eigenvalue weighted by Crippen LogP contribution is -2.47. The molecule has 2 atom stereocenters. The summed E-state index contributed by atoms with van der Waals surface area (Å²) in [6.45, 7) is 0.827. The lowest BCUT2D eigenvalue weighted by molar-refractivity contribution is -0.0868. The summed E-state index contributed by atoms with van der Waals surface area (Å²) in [6, 6.07) is 0. The molecule has 0 fully saturated rings. The summed E-state index contributed by atoms with van der Waals surface area (Å²) in [5, 5.41) is 26.9. The molecule has 0 rings (SSSR count). The van der Waals surface area contributed by atoms with Crippen molar-refractivity contribution in [2.24, 2.45) is 5.92 Å². The number of rotatable bonds is 6. The van der Waals surface area contributed by atoms with Crippen molar-refractivity contribution in [3.05, 3.63) is 0 Å². The lowest BCUT2D eigenvalue weighted by atomic mass is 9.91. The van der Waals surface area contributed by atoms with E-state index in [0.29, 0.717) is 0 Å². The largest absolute Gasteiger partial charge is 0.396 e. The van der Waals surface area contributed by atoms with Crippen molar-refractivity contribution in [3.8, 4) is 0 Å². The van der Waals surface area contributed by atoms with Gasteiger partial charge in [-0.05, 0) is 0 Å². The molecular formula is C7H17O6P. The Morgan fingerprint density at radius 2 is 1.79 bits per heavy atom. The summed E-state index contributed by atoms with van der Waals surface area (Å²) in [4.78, 5) is 8.99. The molecule has 6 nitrogen and oxygen atoms in total. The number of hydrogen-bond acceptors (Lipinski definition) is 5. The average molecular weight is 228 g/mol. The second-order valence-corrected chi connectivity index (χ2v) is 5.15. The van der Waals surface area contributed by atoms with Crippen LogP contribution in [0.25, 0.3) is 0 Å². The molecule has 0 aliphatic carbocycles. The third kappa shape index (κ3) is 3.65. The van der Waals surface area contributed by atoms with Gasteiger partial charge in [0.25, 0.3) is 0 Å². The fourth-order valence-electron chi connectivity index (χ4n) is 1.01. The normalized spacial score (nSPS) is 19.0. The van der Waals surface area contributed by atoms with E-state index in [-0.39, 0.29) is 6.61 Å². The Labute approximate surface area is 82.7 Å². The van der Waals surface area contributed by atoms with E-state index >= 15 is 0 Å². The molecule has 0 aromatic heterocycles. The number of aliphatic hydroxyl groups is 3. The maximum Gasteiger partial charge on any atom is 0.325 e. The maximum atomic E-state index is 11.0. The Morgan fingerprint density at radius 3 is 2.00 bits per heavy atom. The zero-order valence-corrected chi connectivity index (χ0v) is 9.15. The first-order chi connectivity index (χ1) is 6.31. The van der Waals surface area contributed by atoms with E-state index in [9.17, 15) is 4.57 Å². The highest BCUT2D eigenvalue weighted by atomic mass is 31.2. The monoisotopic (exact) mass is 228 g/mol. The van der Waals surface area contributed by atoms with Crippen molar-refractivity contribution >= 4 is 7.60 Å².